The summed E-state index contributed by atoms with van der Waals surface area (Å²) < 4.78 is 44.6. The van der Waals surface area contributed by atoms with E-state index in [0.717, 1.165) is 22.4 Å². The molecular weight excluding hydrogens is 510 g/mol. The first kappa shape index (κ1) is 27.7. The van der Waals surface area contributed by atoms with Crippen LogP contribution >= 0.6 is 0 Å². The second kappa shape index (κ2) is 12.5. The molecule has 3 aromatic rings. The van der Waals surface area contributed by atoms with Gasteiger partial charge in [0.2, 0.25) is 15.9 Å². The number of amides is 1. The SMILES string of the molecule is COCOCCn1cc(CN2CCS(=O)(=O)N(Cc3ccc(-c4ccc(OC)cc4)cc3)C(C)C2=O)nn1. The average molecular weight is 544 g/mol. The summed E-state index contributed by atoms with van der Waals surface area (Å²) in [6.07, 6.45) is 1.73. The standard InChI is InChI=1S/C26H33N5O6S/c1-20-26(32)29(17-24-18-30(28-27-24)12-14-37-19-35-2)13-15-38(33,34)31(20)16-21-4-6-22(7-5-21)23-8-10-25(36-3)11-9-23/h4-11,18,20H,12-17,19H2,1-3H3. The molecule has 1 fully saturated rings. The Bertz CT molecular complexity index is 1310. The van der Waals surface area contributed by atoms with Crippen LogP contribution in [0, 0.1) is 0 Å². The number of carbonyl (C=O) groups is 1. The van der Waals surface area contributed by atoms with E-state index in [-0.39, 0.29) is 38.1 Å². The third-order valence-corrected chi connectivity index (χ3v) is 8.26. The number of aromatic nitrogens is 3. The number of hydrogen-bond donors (Lipinski definition) is 0. The van der Waals surface area contributed by atoms with Crippen LogP contribution in [-0.4, -0.2) is 84.5 Å². The van der Waals surface area contributed by atoms with Gasteiger partial charge in [0.05, 0.1) is 38.8 Å². The Morgan fingerprint density at radius 1 is 1.00 bits per heavy atom. The number of rotatable bonds is 11. The van der Waals surface area contributed by atoms with Crippen molar-refractivity contribution in [1.29, 1.82) is 0 Å². The summed E-state index contributed by atoms with van der Waals surface area (Å²) in [5.74, 6) is 0.354. The smallest absolute Gasteiger partial charge is 0.241 e. The van der Waals surface area contributed by atoms with Crippen LogP contribution in [0.15, 0.2) is 54.7 Å². The maximum absolute atomic E-state index is 13.3. The Morgan fingerprint density at radius 2 is 1.68 bits per heavy atom. The summed E-state index contributed by atoms with van der Waals surface area (Å²) in [6, 6.07) is 14.6. The predicted octanol–water partition coefficient (Wildman–Crippen LogP) is 2.14. The molecule has 0 saturated carbocycles. The van der Waals surface area contributed by atoms with Gasteiger partial charge in [0, 0.05) is 20.2 Å². The van der Waals surface area contributed by atoms with E-state index in [1.165, 1.54) is 9.21 Å². The zero-order valence-electron chi connectivity index (χ0n) is 21.8. The van der Waals surface area contributed by atoms with Gasteiger partial charge >= 0.3 is 0 Å². The minimum atomic E-state index is -3.66. The zero-order valence-corrected chi connectivity index (χ0v) is 22.6. The molecule has 11 nitrogen and oxygen atoms in total. The molecule has 0 aliphatic carbocycles. The number of hydrogen-bond acceptors (Lipinski definition) is 8. The van der Waals surface area contributed by atoms with Crippen LogP contribution in [0.25, 0.3) is 11.1 Å². The fraction of sp³-hybridized carbons (Fsp3) is 0.423. The highest BCUT2D eigenvalue weighted by molar-refractivity contribution is 7.89. The summed E-state index contributed by atoms with van der Waals surface area (Å²) in [6.45, 7) is 3.10. The van der Waals surface area contributed by atoms with Crippen molar-refractivity contribution < 1.29 is 27.4 Å². The van der Waals surface area contributed by atoms with Gasteiger partial charge in [0.25, 0.3) is 0 Å². The topological polar surface area (TPSA) is 116 Å². The van der Waals surface area contributed by atoms with Crippen molar-refractivity contribution in [2.45, 2.75) is 32.6 Å². The molecule has 1 unspecified atom stereocenters. The molecule has 0 bridgehead atoms. The zero-order chi connectivity index (χ0) is 27.1. The highest BCUT2D eigenvalue weighted by atomic mass is 32.2. The van der Waals surface area contributed by atoms with E-state index in [4.69, 9.17) is 14.2 Å². The second-order valence-corrected chi connectivity index (χ2v) is 11.1. The molecule has 2 heterocycles. The Kier molecular flexibility index (Phi) is 9.10. The van der Waals surface area contributed by atoms with Gasteiger partial charge in [0.15, 0.2) is 0 Å². The second-order valence-electron chi connectivity index (χ2n) is 9.01. The normalized spacial score (nSPS) is 17.9. The Labute approximate surface area is 222 Å². The lowest BCUT2D eigenvalue weighted by atomic mass is 10.0. The van der Waals surface area contributed by atoms with Gasteiger partial charge in [-0.25, -0.2) is 13.1 Å². The summed E-state index contributed by atoms with van der Waals surface area (Å²) >= 11 is 0. The van der Waals surface area contributed by atoms with E-state index in [1.807, 2.05) is 48.5 Å². The molecule has 0 radical (unpaired) electrons. The maximum Gasteiger partial charge on any atom is 0.241 e. The number of sulfonamides is 1. The van der Waals surface area contributed by atoms with Crippen LogP contribution < -0.4 is 4.74 Å². The molecule has 0 spiro atoms. The van der Waals surface area contributed by atoms with E-state index in [0.29, 0.717) is 18.8 Å². The number of methoxy groups -OCH3 is 2. The van der Waals surface area contributed by atoms with Gasteiger partial charge in [-0.3, -0.25) is 4.79 Å². The lowest BCUT2D eigenvalue weighted by Gasteiger charge is -2.26. The minimum absolute atomic E-state index is 0.0855. The summed E-state index contributed by atoms with van der Waals surface area (Å²) in [5, 5.41) is 8.18. The molecule has 12 heteroatoms. The minimum Gasteiger partial charge on any atom is -0.497 e. The van der Waals surface area contributed by atoms with Crippen LogP contribution in [0.4, 0.5) is 0 Å². The highest BCUT2D eigenvalue weighted by Crippen LogP contribution is 2.25. The van der Waals surface area contributed by atoms with Crippen molar-refractivity contribution in [2.24, 2.45) is 0 Å². The van der Waals surface area contributed by atoms with Gasteiger partial charge in [0.1, 0.15) is 24.3 Å². The molecule has 0 N–H and O–H groups in total. The largest absolute Gasteiger partial charge is 0.497 e. The quantitative estimate of drug-likeness (QED) is 0.267. The number of benzene rings is 2. The van der Waals surface area contributed by atoms with E-state index < -0.39 is 16.1 Å². The lowest BCUT2D eigenvalue weighted by molar-refractivity contribution is -0.134. The molecule has 1 saturated heterocycles. The highest BCUT2D eigenvalue weighted by Gasteiger charge is 2.38. The van der Waals surface area contributed by atoms with Gasteiger partial charge in [-0.05, 0) is 35.7 Å². The fourth-order valence-electron chi connectivity index (χ4n) is 4.26. The van der Waals surface area contributed by atoms with Crippen molar-refractivity contribution in [3.05, 3.63) is 66.0 Å². The van der Waals surface area contributed by atoms with Crippen LogP contribution in [0.5, 0.6) is 5.75 Å². The van der Waals surface area contributed by atoms with Crippen molar-refractivity contribution in [3.63, 3.8) is 0 Å². The molecule has 204 valence electrons. The van der Waals surface area contributed by atoms with E-state index >= 15 is 0 Å². The van der Waals surface area contributed by atoms with Gasteiger partial charge in [-0.1, -0.05) is 41.6 Å². The van der Waals surface area contributed by atoms with Crippen molar-refractivity contribution >= 4 is 15.9 Å². The summed E-state index contributed by atoms with van der Waals surface area (Å²) in [5.41, 5.74) is 3.41. The average Bonchev–Trinajstić information content (AvgIpc) is 3.36. The molecule has 4 rings (SSSR count). The van der Waals surface area contributed by atoms with Crippen molar-refractivity contribution in [2.75, 3.05) is 39.9 Å². The monoisotopic (exact) mass is 543 g/mol. The molecule has 1 aliphatic rings. The van der Waals surface area contributed by atoms with Gasteiger partial charge in [-0.15, -0.1) is 5.10 Å². The molecule has 38 heavy (non-hydrogen) atoms. The molecular formula is C26H33N5O6S. The molecule has 1 aromatic heterocycles. The van der Waals surface area contributed by atoms with E-state index in [9.17, 15) is 13.2 Å². The number of nitrogens with zero attached hydrogens (tertiary/aromatic N) is 5. The molecule has 1 aliphatic heterocycles. The lowest BCUT2D eigenvalue weighted by Crippen LogP contribution is -2.45. The molecule has 1 atom stereocenters. The van der Waals surface area contributed by atoms with Gasteiger partial charge in [-0.2, -0.15) is 4.31 Å². The Balaban J connectivity index is 1.41. The molecule has 2 aromatic carbocycles. The number of carbonyl (C=O) groups excluding carboxylic acids is 1. The maximum atomic E-state index is 13.3. The van der Waals surface area contributed by atoms with E-state index in [2.05, 4.69) is 10.3 Å². The number of ether oxygens (including phenoxy) is 3. The first-order valence-corrected chi connectivity index (χ1v) is 13.9. The fourth-order valence-corrected chi connectivity index (χ4v) is 5.86. The third kappa shape index (κ3) is 6.76. The van der Waals surface area contributed by atoms with Crippen molar-refractivity contribution in [3.8, 4) is 16.9 Å². The molecule has 1 amide bonds. The Morgan fingerprint density at radius 3 is 2.34 bits per heavy atom. The van der Waals surface area contributed by atoms with Crippen LogP contribution in [0.2, 0.25) is 0 Å². The first-order valence-electron chi connectivity index (χ1n) is 12.3. The summed E-state index contributed by atoms with van der Waals surface area (Å²) in [7, 11) is -0.487. The Hall–Kier alpha value is -3.32. The van der Waals surface area contributed by atoms with E-state index in [1.54, 1.807) is 32.0 Å². The third-order valence-electron chi connectivity index (χ3n) is 6.40. The predicted molar refractivity (Wildman–Crippen MR) is 140 cm³/mol. The first-order chi connectivity index (χ1) is 18.3. The van der Waals surface area contributed by atoms with Crippen molar-refractivity contribution in [1.82, 2.24) is 24.2 Å². The van der Waals surface area contributed by atoms with Gasteiger partial charge < -0.3 is 19.1 Å². The van der Waals surface area contributed by atoms with Crippen LogP contribution in [-0.2, 0) is 43.9 Å². The summed E-state index contributed by atoms with van der Waals surface area (Å²) in [4.78, 5) is 14.8. The van der Waals surface area contributed by atoms with Crippen LogP contribution in [0.1, 0.15) is 18.2 Å². The van der Waals surface area contributed by atoms with Crippen LogP contribution in [0.3, 0.4) is 0 Å².